The zero-order valence-corrected chi connectivity index (χ0v) is 10.9. The average Bonchev–Trinajstić information content (AvgIpc) is 2.74. The van der Waals surface area contributed by atoms with E-state index in [1.165, 1.54) is 18.1 Å². The third kappa shape index (κ3) is 2.39. The second-order valence-corrected chi connectivity index (χ2v) is 4.88. The summed E-state index contributed by atoms with van der Waals surface area (Å²) in [5.41, 5.74) is 0.894. The van der Waals surface area contributed by atoms with E-state index < -0.39 is 5.82 Å². The number of rotatable bonds is 3. The maximum absolute atomic E-state index is 11.0. The number of aryl methyl sites for hydroxylation is 1. The van der Waals surface area contributed by atoms with Gasteiger partial charge in [-0.05, 0) is 13.0 Å². The number of para-hydroxylation sites is 1. The molecule has 0 fully saturated rings. The second kappa shape index (κ2) is 4.89. The van der Waals surface area contributed by atoms with Gasteiger partial charge in [-0.3, -0.25) is 0 Å². The molecule has 0 saturated carbocycles. The minimum atomic E-state index is -0.666. The van der Waals surface area contributed by atoms with Gasteiger partial charge < -0.3 is 8.83 Å². The summed E-state index contributed by atoms with van der Waals surface area (Å²) in [5, 5.41) is 1.84. The molecule has 2 heterocycles. The third-order valence-electron chi connectivity index (χ3n) is 2.68. The Labute approximate surface area is 112 Å². The van der Waals surface area contributed by atoms with Gasteiger partial charge in [0.2, 0.25) is 0 Å². The highest BCUT2D eigenvalue weighted by Gasteiger charge is 2.10. The van der Waals surface area contributed by atoms with Crippen LogP contribution in [0.1, 0.15) is 11.5 Å². The number of nitrogens with zero attached hydrogens (tertiary/aromatic N) is 2. The molecule has 6 heteroatoms. The van der Waals surface area contributed by atoms with Crippen molar-refractivity contribution in [2.24, 2.45) is 0 Å². The minimum Gasteiger partial charge on any atom is -0.396 e. The molecule has 0 spiro atoms. The maximum Gasteiger partial charge on any atom is 0.519 e. The summed E-state index contributed by atoms with van der Waals surface area (Å²) >= 11 is 1.49. The number of thioether (sulfide) groups is 1. The van der Waals surface area contributed by atoms with Gasteiger partial charge in [0, 0.05) is 5.39 Å². The van der Waals surface area contributed by atoms with Gasteiger partial charge in [-0.1, -0.05) is 30.0 Å². The van der Waals surface area contributed by atoms with E-state index in [1.54, 1.807) is 6.92 Å². The summed E-state index contributed by atoms with van der Waals surface area (Å²) in [6, 6.07) is 7.78. The van der Waals surface area contributed by atoms with Crippen LogP contribution in [0.3, 0.4) is 0 Å². The Balaban J connectivity index is 1.90. The third-order valence-corrected chi connectivity index (χ3v) is 3.69. The van der Waals surface area contributed by atoms with Crippen LogP contribution in [0.4, 0.5) is 0 Å². The van der Waals surface area contributed by atoms with Crippen LogP contribution < -0.4 is 5.82 Å². The normalized spacial score (nSPS) is 11.0. The molecule has 3 rings (SSSR count). The average molecular weight is 274 g/mol. The topological polar surface area (TPSA) is 69.1 Å². The molecule has 2 aromatic heterocycles. The molecule has 5 nitrogen and oxygen atoms in total. The molecule has 0 aliphatic carbocycles. The molecule has 19 heavy (non-hydrogen) atoms. The number of aromatic nitrogens is 2. The maximum atomic E-state index is 11.0. The summed E-state index contributed by atoms with van der Waals surface area (Å²) in [5.74, 6) is 0.882. The molecule has 0 atom stereocenters. The Kier molecular flexibility index (Phi) is 3.08. The van der Waals surface area contributed by atoms with E-state index in [-0.39, 0.29) is 0 Å². The Morgan fingerprint density at radius 1 is 1.21 bits per heavy atom. The van der Waals surface area contributed by atoms with Crippen LogP contribution in [0.15, 0.2) is 49.2 Å². The molecule has 0 unspecified atom stereocenters. The molecule has 96 valence electrons. The van der Waals surface area contributed by atoms with E-state index in [4.69, 9.17) is 8.83 Å². The lowest BCUT2D eigenvalue weighted by Gasteiger charge is -2.02. The summed E-state index contributed by atoms with van der Waals surface area (Å²) in [6.07, 6.45) is 1.53. The van der Waals surface area contributed by atoms with E-state index in [9.17, 15) is 4.79 Å². The fraction of sp³-hybridized carbons (Fsp3) is 0.154. The Morgan fingerprint density at radius 3 is 2.84 bits per heavy atom. The lowest BCUT2D eigenvalue weighted by molar-refractivity contribution is 0.372. The lowest BCUT2D eigenvalue weighted by Crippen LogP contribution is -1.89. The van der Waals surface area contributed by atoms with Gasteiger partial charge in [0.1, 0.15) is 17.1 Å². The molecule has 3 aromatic rings. The highest BCUT2D eigenvalue weighted by Crippen LogP contribution is 2.27. The van der Waals surface area contributed by atoms with Crippen molar-refractivity contribution < 1.29 is 8.83 Å². The molecule has 0 aliphatic rings. The van der Waals surface area contributed by atoms with Gasteiger partial charge in [-0.15, -0.1) is 0 Å². The molecule has 0 amide bonds. The van der Waals surface area contributed by atoms with E-state index in [1.807, 2.05) is 24.3 Å². The Hall–Kier alpha value is -2.08. The molecule has 0 bridgehead atoms. The molecular formula is C13H10N2O3S. The van der Waals surface area contributed by atoms with Crippen molar-refractivity contribution in [2.45, 2.75) is 17.7 Å². The van der Waals surface area contributed by atoms with Crippen LogP contribution in [0.25, 0.3) is 10.9 Å². The molecular weight excluding hydrogens is 264 g/mol. The zero-order valence-electron chi connectivity index (χ0n) is 10.1. The minimum absolute atomic E-state index is 0.499. The predicted molar refractivity (Wildman–Crippen MR) is 71.1 cm³/mol. The number of benzene rings is 1. The predicted octanol–water partition coefficient (Wildman–Crippen LogP) is 2.78. The number of hydrogen-bond acceptors (Lipinski definition) is 6. The zero-order chi connectivity index (χ0) is 13.2. The van der Waals surface area contributed by atoms with Crippen LogP contribution in [0.2, 0.25) is 0 Å². The first kappa shape index (κ1) is 12.0. The quantitative estimate of drug-likeness (QED) is 0.540. The monoisotopic (exact) mass is 274 g/mol. The van der Waals surface area contributed by atoms with Crippen LogP contribution >= 0.6 is 11.8 Å². The first-order valence-corrected chi connectivity index (χ1v) is 6.64. The van der Waals surface area contributed by atoms with Gasteiger partial charge in [-0.25, -0.2) is 14.8 Å². The van der Waals surface area contributed by atoms with Crippen LogP contribution in [-0.2, 0) is 5.75 Å². The molecule has 0 aliphatic heterocycles. The highest BCUT2D eigenvalue weighted by atomic mass is 32.2. The van der Waals surface area contributed by atoms with E-state index >= 15 is 0 Å². The molecule has 1 aromatic carbocycles. The van der Waals surface area contributed by atoms with Crippen molar-refractivity contribution in [2.75, 3.05) is 0 Å². The standard InChI is InChI=1S/C13H10N2O3S/c1-8-11(18-13(16)17-8)6-19-12-9-4-2-3-5-10(9)14-7-15-12/h2-5,7H,6H2,1H3. The Bertz CT molecular complexity index is 773. The SMILES string of the molecule is Cc1oc(=O)oc1CSc1ncnc2ccccc12. The van der Waals surface area contributed by atoms with Crippen molar-refractivity contribution in [1.82, 2.24) is 9.97 Å². The van der Waals surface area contributed by atoms with E-state index in [0.717, 1.165) is 15.9 Å². The van der Waals surface area contributed by atoms with E-state index in [2.05, 4.69) is 9.97 Å². The number of fused-ring (bicyclic) bond motifs is 1. The fourth-order valence-corrected chi connectivity index (χ4v) is 2.72. The number of hydrogen-bond donors (Lipinski definition) is 0. The van der Waals surface area contributed by atoms with Crippen molar-refractivity contribution in [1.29, 1.82) is 0 Å². The van der Waals surface area contributed by atoms with Crippen molar-refractivity contribution in [3.8, 4) is 0 Å². The second-order valence-electron chi connectivity index (χ2n) is 3.92. The molecule has 0 saturated heterocycles. The van der Waals surface area contributed by atoms with Crippen molar-refractivity contribution >= 4 is 22.7 Å². The van der Waals surface area contributed by atoms with Gasteiger partial charge in [0.05, 0.1) is 11.3 Å². The summed E-state index contributed by atoms with van der Waals surface area (Å²) in [7, 11) is 0. The van der Waals surface area contributed by atoms with Crippen LogP contribution in [0.5, 0.6) is 0 Å². The first-order chi connectivity index (χ1) is 9.24. The van der Waals surface area contributed by atoms with Gasteiger partial charge in [-0.2, -0.15) is 0 Å². The lowest BCUT2D eigenvalue weighted by atomic mass is 10.2. The first-order valence-electron chi connectivity index (χ1n) is 5.66. The summed E-state index contributed by atoms with van der Waals surface area (Å²) < 4.78 is 9.78. The molecule has 0 N–H and O–H groups in total. The fourth-order valence-electron chi connectivity index (χ4n) is 1.74. The van der Waals surface area contributed by atoms with Gasteiger partial charge >= 0.3 is 5.82 Å². The van der Waals surface area contributed by atoms with Crippen LogP contribution in [0, 0.1) is 6.92 Å². The highest BCUT2D eigenvalue weighted by molar-refractivity contribution is 7.98. The summed E-state index contributed by atoms with van der Waals surface area (Å²) in [4.78, 5) is 19.4. The van der Waals surface area contributed by atoms with Gasteiger partial charge in [0.25, 0.3) is 0 Å². The molecule has 0 radical (unpaired) electrons. The largest absolute Gasteiger partial charge is 0.519 e. The van der Waals surface area contributed by atoms with E-state index in [0.29, 0.717) is 17.3 Å². The van der Waals surface area contributed by atoms with Crippen LogP contribution in [-0.4, -0.2) is 9.97 Å². The van der Waals surface area contributed by atoms with Gasteiger partial charge in [0.15, 0.2) is 5.76 Å². The van der Waals surface area contributed by atoms with Crippen molar-refractivity contribution in [3.05, 3.63) is 52.7 Å². The van der Waals surface area contributed by atoms with Crippen molar-refractivity contribution in [3.63, 3.8) is 0 Å². The Morgan fingerprint density at radius 2 is 2.05 bits per heavy atom. The smallest absolute Gasteiger partial charge is 0.396 e. The summed E-state index contributed by atoms with van der Waals surface area (Å²) in [6.45, 7) is 1.71.